The number of carbonyl (C=O) groups excluding carboxylic acids is 1. The molecular weight excluding hydrogens is 398 g/mol. The summed E-state index contributed by atoms with van der Waals surface area (Å²) in [5.41, 5.74) is 5.40. The first-order chi connectivity index (χ1) is 14.2. The lowest BCUT2D eigenvalue weighted by atomic mass is 9.74. The van der Waals surface area contributed by atoms with Gasteiger partial charge in [0.2, 0.25) is 18.0 Å². The second kappa shape index (κ2) is 9.31. The number of likely N-dealkylation sites (N-methyl/N-ethyl adjacent to an activating group) is 1. The number of nitrogens with one attached hydrogen (secondary N) is 2. The maximum atomic E-state index is 12.4. The maximum absolute atomic E-state index is 12.4. The molecule has 11 heteroatoms. The number of aliphatic hydroxyl groups excluding tert-OH is 3. The second-order valence-corrected chi connectivity index (χ2v) is 8.47. The molecule has 2 heterocycles. The zero-order valence-corrected chi connectivity index (χ0v) is 17.6. The first kappa shape index (κ1) is 23.8. The van der Waals surface area contributed by atoms with Crippen LogP contribution in [-0.2, 0) is 19.0 Å². The van der Waals surface area contributed by atoms with Crippen LogP contribution in [0.15, 0.2) is 0 Å². The molecule has 30 heavy (non-hydrogen) atoms. The number of carbonyl (C=O) groups is 1. The van der Waals surface area contributed by atoms with Gasteiger partial charge in [0.05, 0.1) is 30.4 Å². The number of aliphatic hydroxyl groups is 4. The average Bonchev–Trinajstić information content (AvgIpc) is 2.69. The van der Waals surface area contributed by atoms with Crippen LogP contribution < -0.4 is 16.4 Å². The largest absolute Gasteiger partial charge is 0.391 e. The predicted molar refractivity (Wildman–Crippen MR) is 104 cm³/mol. The molecule has 0 aromatic heterocycles. The molecule has 3 unspecified atom stereocenters. The molecule has 1 saturated carbocycles. The van der Waals surface area contributed by atoms with E-state index in [2.05, 4.69) is 10.6 Å². The van der Waals surface area contributed by atoms with Gasteiger partial charge in [0, 0.05) is 5.92 Å². The fourth-order valence-electron chi connectivity index (χ4n) is 4.80. The van der Waals surface area contributed by atoms with Crippen molar-refractivity contribution in [3.63, 3.8) is 0 Å². The van der Waals surface area contributed by atoms with Gasteiger partial charge in [-0.2, -0.15) is 0 Å². The van der Waals surface area contributed by atoms with Crippen molar-refractivity contribution in [2.45, 2.75) is 93.9 Å². The van der Waals surface area contributed by atoms with Crippen LogP contribution in [0.4, 0.5) is 0 Å². The Balaban J connectivity index is 1.86. The Morgan fingerprint density at radius 1 is 1.27 bits per heavy atom. The van der Waals surface area contributed by atoms with Crippen LogP contribution in [-0.4, -0.2) is 101 Å². The number of rotatable bonds is 6. The van der Waals surface area contributed by atoms with Crippen molar-refractivity contribution in [2.75, 3.05) is 13.6 Å². The van der Waals surface area contributed by atoms with Gasteiger partial charge in [-0.15, -0.1) is 0 Å². The molecule has 8 N–H and O–H groups in total. The lowest BCUT2D eigenvalue weighted by molar-refractivity contribution is -0.450. The molecule has 11 atom stereocenters. The highest BCUT2D eigenvalue weighted by molar-refractivity contribution is 5.80. The molecule has 0 aromatic rings. The molecule has 0 bridgehead atoms. The van der Waals surface area contributed by atoms with E-state index < -0.39 is 66.5 Å². The van der Waals surface area contributed by atoms with Crippen molar-refractivity contribution < 1.29 is 39.4 Å². The minimum Gasteiger partial charge on any atom is -0.391 e. The Hall–Kier alpha value is -0.890. The van der Waals surface area contributed by atoms with E-state index in [1.165, 1.54) is 0 Å². The number of ether oxygens (including phenoxy) is 3. The molecule has 2 aliphatic heterocycles. The van der Waals surface area contributed by atoms with Gasteiger partial charge in [0.1, 0.15) is 18.3 Å². The summed E-state index contributed by atoms with van der Waals surface area (Å²) in [4.78, 5) is 12.4. The molecule has 0 spiro atoms. The maximum Gasteiger partial charge on any atom is 0.249 e. The number of fused-ring (bicyclic) bond motifs is 2. The molecule has 1 aliphatic carbocycles. The van der Waals surface area contributed by atoms with Crippen LogP contribution >= 0.6 is 0 Å². The smallest absolute Gasteiger partial charge is 0.249 e. The fraction of sp³-hybridized carbons (Fsp3) is 0.947. The van der Waals surface area contributed by atoms with Crippen molar-refractivity contribution >= 4 is 5.91 Å². The van der Waals surface area contributed by atoms with Crippen molar-refractivity contribution in [3.05, 3.63) is 0 Å². The van der Waals surface area contributed by atoms with Crippen molar-refractivity contribution in [1.29, 1.82) is 0 Å². The average molecular weight is 434 g/mol. The van der Waals surface area contributed by atoms with E-state index >= 15 is 0 Å². The molecule has 1 amide bonds. The first-order valence-corrected chi connectivity index (χ1v) is 10.6. The summed E-state index contributed by atoms with van der Waals surface area (Å²) in [6.07, 6.45) is -5.85. The van der Waals surface area contributed by atoms with Crippen molar-refractivity contribution in [3.8, 4) is 0 Å². The molecule has 3 rings (SSSR count). The molecule has 0 radical (unpaired) electrons. The van der Waals surface area contributed by atoms with Crippen LogP contribution in [0.3, 0.4) is 0 Å². The summed E-state index contributed by atoms with van der Waals surface area (Å²) in [5.74, 6) is -3.20. The summed E-state index contributed by atoms with van der Waals surface area (Å²) >= 11 is 0. The Morgan fingerprint density at radius 2 is 1.97 bits per heavy atom. The summed E-state index contributed by atoms with van der Waals surface area (Å²) < 4.78 is 17.8. The monoisotopic (exact) mass is 433 g/mol. The highest BCUT2D eigenvalue weighted by atomic mass is 16.8. The molecule has 3 aliphatic rings. The predicted octanol–water partition coefficient (Wildman–Crippen LogP) is -2.86. The third kappa shape index (κ3) is 4.10. The first-order valence-electron chi connectivity index (χ1n) is 10.6. The van der Waals surface area contributed by atoms with E-state index in [9.17, 15) is 25.2 Å². The zero-order valence-electron chi connectivity index (χ0n) is 17.6. The zero-order chi connectivity index (χ0) is 22.2. The SMILES string of the molecule is CC[C@@H]1[C@H](O)[C@H](NC)C2O[C@]3(O)C(OC2[C@@H]1O)O[C@H](C)C[C@H]3NC(=O)[C@@H](O)CCN. The standard InChI is InChI=1S/C19H35N3O8/c1-4-9-13(24)12(21-3)15-16(14(9)25)29-18-19(27,30-15)11(7-8(2)28-18)22-17(26)10(23)5-6-20/h8-16,18,21,23-25,27H,4-7,20H2,1-3H3,(H,22,26)/t8-,9-,10+,11-,12+,13+,14-,15?,16?,18?,19+/m1/s1. The summed E-state index contributed by atoms with van der Waals surface area (Å²) in [6, 6.07) is -1.56. The van der Waals surface area contributed by atoms with Gasteiger partial charge in [-0.05, 0) is 39.8 Å². The van der Waals surface area contributed by atoms with Crippen LogP contribution in [0.2, 0.25) is 0 Å². The van der Waals surface area contributed by atoms with Crippen molar-refractivity contribution in [2.24, 2.45) is 11.7 Å². The minimum atomic E-state index is -2.07. The van der Waals surface area contributed by atoms with E-state index in [0.29, 0.717) is 6.42 Å². The van der Waals surface area contributed by atoms with Gasteiger partial charge >= 0.3 is 0 Å². The third-order valence-electron chi connectivity index (χ3n) is 6.49. The van der Waals surface area contributed by atoms with Gasteiger partial charge < -0.3 is 51.0 Å². The van der Waals surface area contributed by atoms with E-state index in [0.717, 1.165) is 0 Å². The summed E-state index contributed by atoms with van der Waals surface area (Å²) in [7, 11) is 1.65. The molecule has 3 fully saturated rings. The minimum absolute atomic E-state index is 0.0765. The molecule has 11 nitrogen and oxygen atoms in total. The van der Waals surface area contributed by atoms with Gasteiger partial charge in [-0.3, -0.25) is 4.79 Å². The third-order valence-corrected chi connectivity index (χ3v) is 6.49. The van der Waals surface area contributed by atoms with Gasteiger partial charge in [-0.25, -0.2) is 0 Å². The Bertz CT molecular complexity index is 612. The Kier molecular flexibility index (Phi) is 7.37. The summed E-state index contributed by atoms with van der Waals surface area (Å²) in [6.45, 7) is 3.76. The van der Waals surface area contributed by atoms with Gasteiger partial charge in [0.15, 0.2) is 0 Å². The van der Waals surface area contributed by atoms with E-state index in [-0.39, 0.29) is 25.5 Å². The topological polar surface area (TPSA) is 176 Å². The van der Waals surface area contributed by atoms with Gasteiger partial charge in [-0.1, -0.05) is 6.92 Å². The van der Waals surface area contributed by atoms with Crippen LogP contribution in [0, 0.1) is 5.92 Å². The van der Waals surface area contributed by atoms with E-state index in [1.54, 1.807) is 14.0 Å². The lowest BCUT2D eigenvalue weighted by Crippen LogP contribution is -2.77. The van der Waals surface area contributed by atoms with Crippen LogP contribution in [0.5, 0.6) is 0 Å². The van der Waals surface area contributed by atoms with Crippen molar-refractivity contribution in [1.82, 2.24) is 10.6 Å². The highest BCUT2D eigenvalue weighted by Crippen LogP contribution is 2.43. The Labute approximate surface area is 175 Å². The van der Waals surface area contributed by atoms with Gasteiger partial charge in [0.25, 0.3) is 0 Å². The van der Waals surface area contributed by atoms with E-state index in [4.69, 9.17) is 19.9 Å². The number of nitrogens with two attached hydrogens (primary N) is 1. The molecular formula is C19H35N3O8. The second-order valence-electron chi connectivity index (χ2n) is 8.47. The molecule has 174 valence electrons. The van der Waals surface area contributed by atoms with Crippen LogP contribution in [0.1, 0.15) is 33.1 Å². The molecule has 2 saturated heterocycles. The number of amides is 1. The van der Waals surface area contributed by atoms with E-state index in [1.807, 2.05) is 6.92 Å². The Morgan fingerprint density at radius 3 is 2.57 bits per heavy atom. The molecule has 0 aromatic carbocycles. The number of hydrogen-bond acceptors (Lipinski definition) is 10. The van der Waals surface area contributed by atoms with Crippen LogP contribution in [0.25, 0.3) is 0 Å². The highest BCUT2D eigenvalue weighted by Gasteiger charge is 2.63. The normalized spacial score (nSPS) is 47.1. The quantitative estimate of drug-likeness (QED) is 0.231. The number of hydrogen-bond donors (Lipinski definition) is 7. The fourth-order valence-corrected chi connectivity index (χ4v) is 4.80. The lowest BCUT2D eigenvalue weighted by Gasteiger charge is -2.58. The summed E-state index contributed by atoms with van der Waals surface area (Å²) in [5, 5.41) is 48.4.